The first-order valence-electron chi connectivity index (χ1n) is 41.0. The summed E-state index contributed by atoms with van der Waals surface area (Å²) in [7, 11) is 1.72. The molecule has 0 unspecified atom stereocenters. The van der Waals surface area contributed by atoms with Crippen molar-refractivity contribution in [2.45, 2.75) is 216 Å². The summed E-state index contributed by atoms with van der Waals surface area (Å²) in [5, 5.41) is 1.45. The number of oxazole rings is 4. The van der Waals surface area contributed by atoms with Crippen LogP contribution < -0.4 is 17.2 Å². The second kappa shape index (κ2) is 33.9. The zero-order valence-electron chi connectivity index (χ0n) is 73.2. The maximum Gasteiger partial charge on any atom is 0.419 e. The summed E-state index contributed by atoms with van der Waals surface area (Å²) in [6, 6.07) is 72.0. The molecule has 0 atom stereocenters. The van der Waals surface area contributed by atoms with Gasteiger partial charge in [-0.05, 0) is 218 Å². The summed E-state index contributed by atoms with van der Waals surface area (Å²) in [6.07, 6.45) is 5.17. The predicted molar refractivity (Wildman–Crippen MR) is 488 cm³/mol. The van der Waals surface area contributed by atoms with Crippen LogP contribution >= 0.6 is 0 Å². The average molecular weight is 1580 g/mol. The molecule has 0 amide bonds. The van der Waals surface area contributed by atoms with Crippen molar-refractivity contribution in [1.29, 1.82) is 0 Å². The van der Waals surface area contributed by atoms with Gasteiger partial charge in [0.05, 0.1) is 33.1 Å². The molecule has 16 nitrogen and oxygen atoms in total. The van der Waals surface area contributed by atoms with Crippen LogP contribution in [0.5, 0.6) is 0 Å². The van der Waals surface area contributed by atoms with E-state index in [0.717, 1.165) is 83.4 Å². The van der Waals surface area contributed by atoms with Crippen LogP contribution in [0.4, 0.5) is 0 Å². The van der Waals surface area contributed by atoms with E-state index in [4.69, 9.17) is 17.7 Å². The van der Waals surface area contributed by atoms with Crippen LogP contribution in [-0.4, -0.2) is 44.4 Å². The summed E-state index contributed by atoms with van der Waals surface area (Å²) in [5.41, 5.74) is 28.7. The van der Waals surface area contributed by atoms with Crippen LogP contribution in [0.2, 0.25) is 0 Å². The highest BCUT2D eigenvalue weighted by Gasteiger charge is 2.24. The second-order valence-corrected chi connectivity index (χ2v) is 38.2. The molecule has 1 aliphatic carbocycles. The molecular formula is C102H117N9O7. The van der Waals surface area contributed by atoms with E-state index in [2.05, 4.69) is 271 Å². The zero-order chi connectivity index (χ0) is 85.2. The van der Waals surface area contributed by atoms with Crippen molar-refractivity contribution >= 4 is 77.4 Å². The van der Waals surface area contributed by atoms with Crippen molar-refractivity contribution in [2.75, 3.05) is 0 Å². The number of imidazole rings is 2. The number of aromatic amines is 5. The van der Waals surface area contributed by atoms with Crippen LogP contribution in [0.15, 0.2) is 244 Å². The third-order valence-electron chi connectivity index (χ3n) is 21.6. The van der Waals surface area contributed by atoms with Gasteiger partial charge in [-0.3, -0.25) is 9.55 Å². The summed E-state index contributed by atoms with van der Waals surface area (Å²) < 4.78 is 23.3. The van der Waals surface area contributed by atoms with Gasteiger partial charge in [0, 0.05) is 40.3 Å². The first-order chi connectivity index (χ1) is 55.4. The van der Waals surface area contributed by atoms with Crippen LogP contribution in [0.1, 0.15) is 214 Å². The van der Waals surface area contributed by atoms with Gasteiger partial charge >= 0.3 is 17.2 Å². The molecule has 118 heavy (non-hydrogen) atoms. The molecule has 16 heteroatoms. The van der Waals surface area contributed by atoms with Crippen LogP contribution in [0, 0.1) is 6.92 Å². The first kappa shape index (κ1) is 85.3. The molecule has 7 aromatic heterocycles. The Kier molecular flexibility index (Phi) is 24.5. The third kappa shape index (κ3) is 20.7. The van der Waals surface area contributed by atoms with Crippen LogP contribution in [-0.2, 0) is 57.8 Å². The monoisotopic (exact) mass is 1580 g/mol. The zero-order valence-corrected chi connectivity index (χ0v) is 73.2. The summed E-state index contributed by atoms with van der Waals surface area (Å²) in [6.45, 7) is 48.1. The summed E-state index contributed by atoms with van der Waals surface area (Å²) in [5.74, 6) is 1.61. The number of aromatic nitrogens is 9. The number of nitrogens with one attached hydrogen (secondary N) is 5. The van der Waals surface area contributed by atoms with E-state index in [-0.39, 0.29) is 49.4 Å². The molecule has 0 saturated carbocycles. The number of hydrogen-bond acceptors (Lipinski definition) is 10. The lowest BCUT2D eigenvalue weighted by Crippen LogP contribution is -2.12. The first-order valence-corrected chi connectivity index (χ1v) is 41.0. The largest absolute Gasteiger partial charge is 0.436 e. The molecule has 17 aromatic rings. The van der Waals surface area contributed by atoms with E-state index in [1.54, 1.807) is 12.6 Å². The van der Waals surface area contributed by atoms with E-state index in [1.807, 2.05) is 133 Å². The van der Waals surface area contributed by atoms with Gasteiger partial charge in [0.25, 0.3) is 0 Å². The quantitative estimate of drug-likeness (QED) is 0.112. The van der Waals surface area contributed by atoms with Gasteiger partial charge in [-0.25, -0.2) is 29.3 Å². The SMILES string of the molecule is CC(C)(C)c1ccc2[nH]c(=O)[nH]c2c1.CC(C)(C)c1ccc2[nH]c(=O)oc2c1.CC(C)(C)c1ccc2c3c([nH]c2c1)CCCC3.CC(C)(C)c1ccc2nc(-c3ccccc3)[nH]c2c1.CC(C)(C)c1ccc2oc(-c3ccccc3)nc2c1.Cc1ccccc1-c1nc2cc(C(C)(C)C)ccc2o1.Cn1c(=O)oc2ccc(C(C)(C)C)cc21. The van der Waals surface area contributed by atoms with Gasteiger partial charge in [-0.2, -0.15) is 0 Å². The Balaban J connectivity index is 0.000000127. The topological polar surface area (TPSA) is 226 Å². The highest BCUT2D eigenvalue weighted by molar-refractivity contribution is 5.86. The Hall–Kier alpha value is -12.0. The second-order valence-electron chi connectivity index (χ2n) is 38.2. The number of H-pyrrole nitrogens is 5. The number of benzene rings is 10. The van der Waals surface area contributed by atoms with Gasteiger partial charge in [-0.15, -0.1) is 0 Å². The fourth-order valence-corrected chi connectivity index (χ4v) is 14.0. The minimum Gasteiger partial charge on any atom is -0.436 e. The van der Waals surface area contributed by atoms with Crippen molar-refractivity contribution in [3.8, 4) is 34.3 Å². The predicted octanol–water partition coefficient (Wildman–Crippen LogP) is 25.8. The van der Waals surface area contributed by atoms with E-state index in [1.165, 1.54) is 85.8 Å². The van der Waals surface area contributed by atoms with Gasteiger partial charge in [0.1, 0.15) is 16.9 Å². The highest BCUT2D eigenvalue weighted by Crippen LogP contribution is 2.37. The average Bonchev–Trinajstić information content (AvgIpc) is 1.64. The molecule has 612 valence electrons. The molecule has 0 aliphatic heterocycles. The molecule has 0 radical (unpaired) electrons. The number of rotatable bonds is 3. The van der Waals surface area contributed by atoms with Crippen LogP contribution in [0.3, 0.4) is 0 Å². The Morgan fingerprint density at radius 2 is 0.788 bits per heavy atom. The Morgan fingerprint density at radius 3 is 1.36 bits per heavy atom. The molecule has 7 heterocycles. The van der Waals surface area contributed by atoms with Gasteiger partial charge in [0.2, 0.25) is 11.8 Å². The van der Waals surface area contributed by atoms with Gasteiger partial charge in [-0.1, -0.05) is 261 Å². The number of nitrogens with zero attached hydrogens (tertiary/aromatic N) is 4. The lowest BCUT2D eigenvalue weighted by molar-refractivity contribution is 0.528. The third-order valence-corrected chi connectivity index (χ3v) is 21.6. The smallest absolute Gasteiger partial charge is 0.419 e. The van der Waals surface area contributed by atoms with Crippen molar-refractivity contribution in [2.24, 2.45) is 7.05 Å². The standard InChI is InChI=1S/C18H19NO.C17H18N2.C17H17NO.C16H21N.C12H15NO2.C11H14N2O.C11H13NO2/c1-12-7-5-6-8-14(12)17-19-15-11-13(18(2,3)4)9-10-16(15)20-17;1-17(2,3)13-9-10-14-15(11-13)19-16(18-14)12-7-5-4-6-8-12;1-17(2,3)13-9-10-15-14(11-13)18-16(19-15)12-7-5-4-6-8-12;1-16(2,3)11-8-9-13-12-6-4-5-7-14(12)17-15(13)10-11;1-12(2,3)8-5-6-10-9(7-8)13(4)11(14)15-10;1-11(2,3)7-4-5-8-9(6-7)13-10(14)12-8;1-11(2,3)7-4-5-8-9(6-7)14-10(13)12-8/h5-11H,1-4H3;4-11H,1-3H3,(H,18,19);4-11H,1-3H3;8-10,17H,4-7H2,1-3H3;5-7H,1-4H3;4-6H,1-3H3,(H2,12,13,14);4-6H,1-3H3,(H,12,13). The molecule has 5 N–H and O–H groups in total. The molecule has 0 spiro atoms. The van der Waals surface area contributed by atoms with E-state index >= 15 is 0 Å². The fourth-order valence-electron chi connectivity index (χ4n) is 14.0. The maximum absolute atomic E-state index is 11.3. The van der Waals surface area contributed by atoms with E-state index in [9.17, 15) is 14.4 Å². The van der Waals surface area contributed by atoms with Crippen molar-refractivity contribution in [1.82, 2.24) is 44.4 Å². The summed E-state index contributed by atoms with van der Waals surface area (Å²) in [4.78, 5) is 62.3. The Morgan fingerprint density at radius 1 is 0.339 bits per heavy atom. The van der Waals surface area contributed by atoms with Crippen molar-refractivity contribution < 1.29 is 17.7 Å². The lowest BCUT2D eigenvalue weighted by atomic mass is 9.86. The minimum atomic E-state index is -0.397. The molecule has 10 aromatic carbocycles. The van der Waals surface area contributed by atoms with Crippen LogP contribution in [0.25, 0.3) is 112 Å². The number of fused-ring (bicyclic) bond motifs is 9. The van der Waals surface area contributed by atoms with E-state index in [0.29, 0.717) is 22.9 Å². The highest BCUT2D eigenvalue weighted by atomic mass is 16.4. The maximum atomic E-state index is 11.3. The normalized spacial score (nSPS) is 12.7. The molecular weight excluding hydrogens is 1460 g/mol. The lowest BCUT2D eigenvalue weighted by Gasteiger charge is -2.18. The fraction of sp³-hybridized carbons (Fsp3) is 0.333. The van der Waals surface area contributed by atoms with Crippen molar-refractivity contribution in [3.05, 3.63) is 300 Å². The molecule has 1 aliphatic rings. The van der Waals surface area contributed by atoms with Crippen molar-refractivity contribution in [3.63, 3.8) is 0 Å². The summed E-state index contributed by atoms with van der Waals surface area (Å²) >= 11 is 0. The van der Waals surface area contributed by atoms with Gasteiger partial charge in [0.15, 0.2) is 22.3 Å². The van der Waals surface area contributed by atoms with E-state index < -0.39 is 5.76 Å². The minimum absolute atomic E-state index is 0.0734. The Labute approximate surface area is 692 Å². The molecule has 18 rings (SSSR count). The molecule has 0 saturated heterocycles. The number of aryl methyl sites for hydroxylation is 4. The van der Waals surface area contributed by atoms with Gasteiger partial charge < -0.3 is 37.6 Å². The Bertz CT molecular complexity index is 6300. The molecule has 0 fully saturated rings. The molecule has 0 bridgehead atoms. The number of hydrogen-bond donors (Lipinski definition) is 5.